The number of nitrogens with one attached hydrogen (secondary N) is 1. The molecule has 1 aromatic heterocycles. The maximum atomic E-state index is 14.6. The van der Waals surface area contributed by atoms with Gasteiger partial charge in [0.25, 0.3) is 5.91 Å². The lowest BCUT2D eigenvalue weighted by molar-refractivity contribution is 0.102. The summed E-state index contributed by atoms with van der Waals surface area (Å²) < 4.78 is 46.5. The van der Waals surface area contributed by atoms with Gasteiger partial charge in [-0.25, -0.2) is 18.2 Å². The van der Waals surface area contributed by atoms with E-state index in [-0.39, 0.29) is 29.2 Å². The molecule has 0 saturated carbocycles. The van der Waals surface area contributed by atoms with E-state index < -0.39 is 23.4 Å². The molecule has 0 radical (unpaired) electrons. The van der Waals surface area contributed by atoms with Crippen molar-refractivity contribution in [2.45, 2.75) is 6.61 Å². The van der Waals surface area contributed by atoms with Crippen LogP contribution in [0.15, 0.2) is 72.1 Å². The topological polar surface area (TPSA) is 51.2 Å². The van der Waals surface area contributed by atoms with Crippen LogP contribution >= 0.6 is 11.3 Å². The second-order valence-electron chi connectivity index (χ2n) is 6.57. The summed E-state index contributed by atoms with van der Waals surface area (Å²) in [5, 5.41) is 4.62. The number of rotatable bonds is 6. The second kappa shape index (κ2) is 9.01. The first-order chi connectivity index (χ1) is 15.0. The minimum Gasteiger partial charge on any atom is -0.489 e. The SMILES string of the molecule is O=C(Nc1ccccc1)c1csc(-c2ccc(OCc3cc(F)cc(F)c3)cc2F)n1. The van der Waals surface area contributed by atoms with E-state index in [0.717, 1.165) is 35.6 Å². The molecule has 1 N–H and O–H groups in total. The number of amides is 1. The number of hydrogen-bond acceptors (Lipinski definition) is 4. The Morgan fingerprint density at radius 3 is 2.42 bits per heavy atom. The molecule has 0 aliphatic heterocycles. The van der Waals surface area contributed by atoms with Crippen LogP contribution in [0, 0.1) is 17.5 Å². The number of anilines is 1. The number of carbonyl (C=O) groups excluding carboxylic acids is 1. The second-order valence-corrected chi connectivity index (χ2v) is 7.42. The van der Waals surface area contributed by atoms with Crippen LogP contribution < -0.4 is 10.1 Å². The van der Waals surface area contributed by atoms with Crippen molar-refractivity contribution in [3.05, 3.63) is 101 Å². The first kappa shape index (κ1) is 20.6. The molecule has 4 rings (SSSR count). The van der Waals surface area contributed by atoms with Gasteiger partial charge in [-0.1, -0.05) is 18.2 Å². The Kier molecular flexibility index (Phi) is 5.99. The fourth-order valence-electron chi connectivity index (χ4n) is 2.84. The fourth-order valence-corrected chi connectivity index (χ4v) is 3.66. The van der Waals surface area contributed by atoms with Crippen molar-refractivity contribution in [1.82, 2.24) is 4.98 Å². The third kappa shape index (κ3) is 5.10. The number of nitrogens with zero attached hydrogens (tertiary/aromatic N) is 1. The largest absolute Gasteiger partial charge is 0.489 e. The quantitative estimate of drug-likeness (QED) is 0.397. The van der Waals surface area contributed by atoms with Gasteiger partial charge in [-0.15, -0.1) is 11.3 Å². The highest BCUT2D eigenvalue weighted by Crippen LogP contribution is 2.29. The number of ether oxygens (including phenoxy) is 1. The lowest BCUT2D eigenvalue weighted by Crippen LogP contribution is -2.12. The number of halogens is 3. The van der Waals surface area contributed by atoms with Crippen LogP contribution in [0.1, 0.15) is 16.1 Å². The van der Waals surface area contributed by atoms with Gasteiger partial charge in [0, 0.05) is 28.8 Å². The van der Waals surface area contributed by atoms with Gasteiger partial charge in [0.15, 0.2) is 0 Å². The lowest BCUT2D eigenvalue weighted by atomic mass is 10.2. The van der Waals surface area contributed by atoms with E-state index in [1.54, 1.807) is 29.6 Å². The smallest absolute Gasteiger partial charge is 0.275 e. The fraction of sp³-hybridized carbons (Fsp3) is 0.0435. The molecule has 0 aliphatic carbocycles. The molecule has 0 saturated heterocycles. The van der Waals surface area contributed by atoms with Gasteiger partial charge in [0.2, 0.25) is 0 Å². The zero-order valence-electron chi connectivity index (χ0n) is 15.9. The van der Waals surface area contributed by atoms with Crippen molar-refractivity contribution < 1.29 is 22.7 Å². The molecule has 8 heteroatoms. The van der Waals surface area contributed by atoms with E-state index in [1.165, 1.54) is 12.1 Å². The average Bonchev–Trinajstić information content (AvgIpc) is 3.22. The zero-order chi connectivity index (χ0) is 21.8. The minimum absolute atomic E-state index is 0.117. The molecule has 0 unspecified atom stereocenters. The number of para-hydroxylation sites is 1. The Hall–Kier alpha value is -3.65. The molecule has 0 spiro atoms. The van der Waals surface area contributed by atoms with Crippen molar-refractivity contribution in [3.63, 3.8) is 0 Å². The first-order valence-corrected chi connectivity index (χ1v) is 10.1. The highest BCUT2D eigenvalue weighted by atomic mass is 32.1. The van der Waals surface area contributed by atoms with E-state index in [0.29, 0.717) is 10.7 Å². The maximum Gasteiger partial charge on any atom is 0.275 e. The normalized spacial score (nSPS) is 10.7. The van der Waals surface area contributed by atoms with Gasteiger partial charge in [0.1, 0.15) is 40.5 Å². The Morgan fingerprint density at radius 1 is 0.968 bits per heavy atom. The standard InChI is InChI=1S/C23H15F3N2O2S/c24-15-8-14(9-16(25)10-15)12-30-18-6-7-19(20(26)11-18)23-28-21(13-31-23)22(29)27-17-4-2-1-3-5-17/h1-11,13H,12H2,(H,27,29). The van der Waals surface area contributed by atoms with E-state index in [2.05, 4.69) is 10.3 Å². The Balaban J connectivity index is 1.45. The maximum absolute atomic E-state index is 14.6. The van der Waals surface area contributed by atoms with Crippen LogP contribution in [0.2, 0.25) is 0 Å². The molecule has 1 amide bonds. The summed E-state index contributed by atoms with van der Waals surface area (Å²) in [5.41, 5.74) is 1.31. The molecule has 0 bridgehead atoms. The number of thiazole rings is 1. The predicted octanol–water partition coefficient (Wildman–Crippen LogP) is 6.06. The minimum atomic E-state index is -0.712. The third-order valence-corrected chi connectivity index (χ3v) is 5.14. The van der Waals surface area contributed by atoms with E-state index in [9.17, 15) is 18.0 Å². The van der Waals surface area contributed by atoms with Crippen molar-refractivity contribution in [2.24, 2.45) is 0 Å². The molecule has 31 heavy (non-hydrogen) atoms. The van der Waals surface area contributed by atoms with Crippen LogP contribution in [0.5, 0.6) is 5.75 Å². The molecule has 3 aromatic carbocycles. The molecule has 1 heterocycles. The van der Waals surface area contributed by atoms with Gasteiger partial charge in [-0.05, 0) is 42.0 Å². The summed E-state index contributed by atoms with van der Waals surface area (Å²) in [6.45, 7) is -0.117. The highest BCUT2D eigenvalue weighted by Gasteiger charge is 2.15. The molecule has 0 aliphatic rings. The molecule has 4 aromatic rings. The number of benzene rings is 3. The monoisotopic (exact) mass is 440 g/mol. The van der Waals surface area contributed by atoms with Crippen LogP contribution in [0.4, 0.5) is 18.9 Å². The Bertz CT molecular complexity index is 1210. The van der Waals surface area contributed by atoms with Crippen molar-refractivity contribution in [2.75, 3.05) is 5.32 Å². The molecular weight excluding hydrogens is 425 g/mol. The summed E-state index contributed by atoms with van der Waals surface area (Å²) in [6, 6.07) is 16.2. The van der Waals surface area contributed by atoms with Gasteiger partial charge >= 0.3 is 0 Å². The van der Waals surface area contributed by atoms with E-state index in [4.69, 9.17) is 4.74 Å². The first-order valence-electron chi connectivity index (χ1n) is 9.17. The van der Waals surface area contributed by atoms with Gasteiger partial charge < -0.3 is 10.1 Å². The van der Waals surface area contributed by atoms with Gasteiger partial charge in [0.05, 0.1) is 0 Å². The van der Waals surface area contributed by atoms with Crippen molar-refractivity contribution in [1.29, 1.82) is 0 Å². The highest BCUT2D eigenvalue weighted by molar-refractivity contribution is 7.13. The molecular formula is C23H15F3N2O2S. The molecule has 0 atom stereocenters. The molecule has 0 fully saturated rings. The van der Waals surface area contributed by atoms with Crippen LogP contribution in [-0.2, 0) is 6.61 Å². The van der Waals surface area contributed by atoms with Crippen molar-refractivity contribution in [3.8, 4) is 16.3 Å². The Labute approximate surface area is 180 Å². The summed E-state index contributed by atoms with van der Waals surface area (Å²) in [6.07, 6.45) is 0. The lowest BCUT2D eigenvalue weighted by Gasteiger charge is -2.08. The molecule has 156 valence electrons. The summed E-state index contributed by atoms with van der Waals surface area (Å²) >= 11 is 1.14. The average molecular weight is 440 g/mol. The predicted molar refractivity (Wildman–Crippen MR) is 113 cm³/mol. The Morgan fingerprint density at radius 2 is 1.71 bits per heavy atom. The van der Waals surface area contributed by atoms with Crippen LogP contribution in [-0.4, -0.2) is 10.9 Å². The number of hydrogen-bond donors (Lipinski definition) is 1. The number of aromatic nitrogens is 1. The zero-order valence-corrected chi connectivity index (χ0v) is 16.8. The van der Waals surface area contributed by atoms with Gasteiger partial charge in [-0.2, -0.15) is 0 Å². The summed E-state index contributed by atoms with van der Waals surface area (Å²) in [5.74, 6) is -2.21. The molecule has 4 nitrogen and oxygen atoms in total. The van der Waals surface area contributed by atoms with Crippen LogP contribution in [0.3, 0.4) is 0 Å². The van der Waals surface area contributed by atoms with E-state index >= 15 is 0 Å². The third-order valence-electron chi connectivity index (χ3n) is 4.27. The summed E-state index contributed by atoms with van der Waals surface area (Å²) in [4.78, 5) is 16.6. The van der Waals surface area contributed by atoms with E-state index in [1.807, 2.05) is 6.07 Å². The van der Waals surface area contributed by atoms with Crippen molar-refractivity contribution >= 4 is 22.9 Å². The van der Waals surface area contributed by atoms with Crippen LogP contribution in [0.25, 0.3) is 10.6 Å². The van der Waals surface area contributed by atoms with Gasteiger partial charge in [-0.3, -0.25) is 4.79 Å². The number of carbonyl (C=O) groups is 1. The summed E-state index contributed by atoms with van der Waals surface area (Å²) in [7, 11) is 0.